The molecule has 3 saturated heterocycles. The first-order chi connectivity index (χ1) is 20.7. The number of benzene rings is 1. The summed E-state index contributed by atoms with van der Waals surface area (Å²) in [6, 6.07) is 10.1. The molecule has 3 aliphatic heterocycles. The number of rotatable bonds is 4. The number of nitrogens with one attached hydrogen (secondary N) is 1. The van der Waals surface area contributed by atoms with Crippen LogP contribution in [0.25, 0.3) is 22.2 Å². The highest BCUT2D eigenvalue weighted by molar-refractivity contribution is 6.30. The molecule has 3 amide bonds. The SMILES string of the molecule is CC(=O)N1CCC(C(=O)N2CCC(N3CCN(C(=O)c4cc(Cl)nc(-c5ccc6[nH]c(C)c(C)c6c5)c4)CC3)CC2)CC1. The van der Waals surface area contributed by atoms with Crippen LogP contribution in [0.15, 0.2) is 30.3 Å². The van der Waals surface area contributed by atoms with E-state index in [1.807, 2.05) is 32.9 Å². The predicted octanol–water partition coefficient (Wildman–Crippen LogP) is 4.51. The first kappa shape index (κ1) is 29.6. The van der Waals surface area contributed by atoms with Gasteiger partial charge in [-0.2, -0.15) is 0 Å². The summed E-state index contributed by atoms with van der Waals surface area (Å²) < 4.78 is 0. The lowest BCUT2D eigenvalue weighted by Gasteiger charge is -2.43. The van der Waals surface area contributed by atoms with Crippen molar-refractivity contribution in [2.24, 2.45) is 5.92 Å². The summed E-state index contributed by atoms with van der Waals surface area (Å²) in [6.07, 6.45) is 3.44. The molecule has 0 saturated carbocycles. The van der Waals surface area contributed by atoms with Gasteiger partial charge in [0.1, 0.15) is 5.15 Å². The van der Waals surface area contributed by atoms with Gasteiger partial charge in [0.2, 0.25) is 11.8 Å². The highest BCUT2D eigenvalue weighted by Crippen LogP contribution is 2.29. The molecule has 3 aromatic rings. The molecule has 3 aliphatic rings. The zero-order chi connectivity index (χ0) is 30.2. The lowest BCUT2D eigenvalue weighted by atomic mass is 9.93. The van der Waals surface area contributed by atoms with E-state index in [2.05, 4.69) is 34.8 Å². The summed E-state index contributed by atoms with van der Waals surface area (Å²) in [4.78, 5) is 54.5. The zero-order valence-corrected chi connectivity index (χ0v) is 26.1. The van der Waals surface area contributed by atoms with Gasteiger partial charge < -0.3 is 19.7 Å². The molecule has 43 heavy (non-hydrogen) atoms. The number of halogens is 1. The van der Waals surface area contributed by atoms with Crippen molar-refractivity contribution in [2.45, 2.75) is 52.5 Å². The number of pyridine rings is 1. The number of piperidine rings is 2. The number of aryl methyl sites for hydroxylation is 2. The Bertz CT molecular complexity index is 1530. The fourth-order valence-corrected chi connectivity index (χ4v) is 7.22. The van der Waals surface area contributed by atoms with Gasteiger partial charge in [0, 0.05) is 99.0 Å². The summed E-state index contributed by atoms with van der Waals surface area (Å²) in [5.41, 5.74) is 5.62. The molecule has 0 atom stereocenters. The van der Waals surface area contributed by atoms with E-state index >= 15 is 0 Å². The average molecular weight is 605 g/mol. The van der Waals surface area contributed by atoms with Crippen LogP contribution in [0.3, 0.4) is 0 Å². The van der Waals surface area contributed by atoms with E-state index < -0.39 is 0 Å². The van der Waals surface area contributed by atoms with E-state index in [-0.39, 0.29) is 23.6 Å². The molecule has 0 aliphatic carbocycles. The van der Waals surface area contributed by atoms with Crippen molar-refractivity contribution in [3.05, 3.63) is 52.3 Å². The van der Waals surface area contributed by atoms with Crippen LogP contribution < -0.4 is 0 Å². The molecule has 0 bridgehead atoms. The second-order valence-electron chi connectivity index (χ2n) is 12.4. The van der Waals surface area contributed by atoms with Gasteiger partial charge >= 0.3 is 0 Å². The predicted molar refractivity (Wildman–Crippen MR) is 168 cm³/mol. The number of amides is 3. The second-order valence-corrected chi connectivity index (χ2v) is 12.8. The van der Waals surface area contributed by atoms with Crippen molar-refractivity contribution in [1.82, 2.24) is 29.6 Å². The number of fused-ring (bicyclic) bond motifs is 1. The minimum absolute atomic E-state index is 0.0174. The van der Waals surface area contributed by atoms with Crippen molar-refractivity contribution in [1.29, 1.82) is 0 Å². The number of carbonyl (C=O) groups excluding carboxylic acids is 3. The van der Waals surface area contributed by atoms with E-state index in [4.69, 9.17) is 11.6 Å². The first-order valence-electron chi connectivity index (χ1n) is 15.5. The van der Waals surface area contributed by atoms with Gasteiger partial charge in [-0.25, -0.2) is 4.98 Å². The topological polar surface area (TPSA) is 92.9 Å². The Morgan fingerprint density at radius 2 is 1.51 bits per heavy atom. The van der Waals surface area contributed by atoms with E-state index in [9.17, 15) is 14.4 Å². The second kappa shape index (κ2) is 12.3. The fourth-order valence-electron chi connectivity index (χ4n) is 7.01. The van der Waals surface area contributed by atoms with Crippen LogP contribution in [0, 0.1) is 19.8 Å². The van der Waals surface area contributed by atoms with Crippen LogP contribution in [0.1, 0.15) is 54.2 Å². The minimum Gasteiger partial charge on any atom is -0.358 e. The molecule has 1 aromatic carbocycles. The molecule has 0 radical (unpaired) electrons. The highest BCUT2D eigenvalue weighted by atomic mass is 35.5. The molecule has 228 valence electrons. The number of nitrogens with zero attached hydrogens (tertiary/aromatic N) is 5. The first-order valence-corrected chi connectivity index (χ1v) is 15.9. The van der Waals surface area contributed by atoms with Crippen LogP contribution in [0.5, 0.6) is 0 Å². The number of hydrogen-bond donors (Lipinski definition) is 1. The maximum absolute atomic E-state index is 13.6. The van der Waals surface area contributed by atoms with Crippen LogP contribution in [-0.4, -0.2) is 106 Å². The number of H-pyrrole nitrogens is 1. The normalized spacial score (nSPS) is 19.3. The monoisotopic (exact) mass is 604 g/mol. The molecule has 0 unspecified atom stereocenters. The van der Waals surface area contributed by atoms with Crippen LogP contribution in [0.2, 0.25) is 5.15 Å². The standard InChI is InChI=1S/C33H41ClN6O3/c1-21-22(2)35-29-5-4-25(18-28(21)29)30-19-26(20-31(34)36-30)33(43)40-16-14-38(15-17-40)27-8-12-39(13-9-27)32(42)24-6-10-37(11-7-24)23(3)41/h4-5,18-20,24,27,35H,6-17H2,1-3H3. The Morgan fingerprint density at radius 1 is 0.837 bits per heavy atom. The van der Waals surface area contributed by atoms with Gasteiger partial charge in [0.05, 0.1) is 5.69 Å². The lowest BCUT2D eigenvalue weighted by Crippen LogP contribution is -2.55. The molecule has 6 rings (SSSR count). The Morgan fingerprint density at radius 3 is 2.19 bits per heavy atom. The molecular formula is C33H41ClN6O3. The molecule has 1 N–H and O–H groups in total. The van der Waals surface area contributed by atoms with E-state index in [0.29, 0.717) is 48.6 Å². The van der Waals surface area contributed by atoms with Gasteiger partial charge in [0.25, 0.3) is 5.91 Å². The molecular weight excluding hydrogens is 564 g/mol. The van der Waals surface area contributed by atoms with Crippen molar-refractivity contribution in [2.75, 3.05) is 52.4 Å². The lowest BCUT2D eigenvalue weighted by molar-refractivity contribution is -0.141. The Labute approximate surface area is 258 Å². The number of carbonyl (C=O) groups is 3. The van der Waals surface area contributed by atoms with Gasteiger partial charge in [-0.15, -0.1) is 0 Å². The van der Waals surface area contributed by atoms with E-state index in [1.54, 1.807) is 13.0 Å². The third-order valence-electron chi connectivity index (χ3n) is 9.83. The average Bonchev–Trinajstić information content (AvgIpc) is 3.32. The largest absolute Gasteiger partial charge is 0.358 e. The van der Waals surface area contributed by atoms with Gasteiger partial charge in [0.15, 0.2) is 0 Å². The minimum atomic E-state index is -0.0174. The van der Waals surface area contributed by atoms with Crippen molar-refractivity contribution in [3.63, 3.8) is 0 Å². The molecule has 9 nitrogen and oxygen atoms in total. The summed E-state index contributed by atoms with van der Waals surface area (Å²) in [5.74, 6) is 0.370. The summed E-state index contributed by atoms with van der Waals surface area (Å²) in [5, 5.41) is 1.46. The fraction of sp³-hybridized carbons (Fsp3) is 0.515. The molecule has 2 aromatic heterocycles. The number of hydrogen-bond acceptors (Lipinski definition) is 5. The van der Waals surface area contributed by atoms with Crippen LogP contribution in [0.4, 0.5) is 0 Å². The molecule has 0 spiro atoms. The maximum Gasteiger partial charge on any atom is 0.254 e. The molecule has 5 heterocycles. The summed E-state index contributed by atoms with van der Waals surface area (Å²) >= 11 is 6.42. The third kappa shape index (κ3) is 6.15. The quantitative estimate of drug-likeness (QED) is 0.443. The Hall–Kier alpha value is -3.43. The number of aromatic amines is 1. The van der Waals surface area contributed by atoms with Crippen molar-refractivity contribution >= 4 is 40.2 Å². The number of likely N-dealkylation sites (tertiary alicyclic amines) is 2. The van der Waals surface area contributed by atoms with Crippen LogP contribution >= 0.6 is 11.6 Å². The van der Waals surface area contributed by atoms with E-state index in [0.717, 1.165) is 74.0 Å². The molecule has 3 fully saturated rings. The van der Waals surface area contributed by atoms with Gasteiger partial charge in [-0.3, -0.25) is 19.3 Å². The van der Waals surface area contributed by atoms with Crippen LogP contribution in [-0.2, 0) is 9.59 Å². The van der Waals surface area contributed by atoms with Crippen molar-refractivity contribution in [3.8, 4) is 11.3 Å². The van der Waals surface area contributed by atoms with Gasteiger partial charge in [-0.1, -0.05) is 17.7 Å². The van der Waals surface area contributed by atoms with Crippen molar-refractivity contribution < 1.29 is 14.4 Å². The third-order valence-corrected chi connectivity index (χ3v) is 10.0. The van der Waals surface area contributed by atoms with Gasteiger partial charge in [-0.05, 0) is 69.4 Å². The zero-order valence-electron chi connectivity index (χ0n) is 25.4. The smallest absolute Gasteiger partial charge is 0.254 e. The summed E-state index contributed by atoms with van der Waals surface area (Å²) in [6.45, 7) is 11.7. The molecule has 10 heteroatoms. The Balaban J connectivity index is 1.03. The highest BCUT2D eigenvalue weighted by Gasteiger charge is 2.34. The number of piperazine rings is 1. The maximum atomic E-state index is 13.6. The Kier molecular flexibility index (Phi) is 8.47. The van der Waals surface area contributed by atoms with E-state index in [1.165, 1.54) is 5.56 Å². The summed E-state index contributed by atoms with van der Waals surface area (Å²) in [7, 11) is 0. The number of aromatic nitrogens is 2.